The molecule has 0 amide bonds. The lowest BCUT2D eigenvalue weighted by Crippen LogP contribution is -2.09. The van der Waals surface area contributed by atoms with Gasteiger partial charge in [-0.15, -0.1) is 0 Å². The Morgan fingerprint density at radius 3 is 2.35 bits per heavy atom. The molecule has 2 aromatic carbocycles. The van der Waals surface area contributed by atoms with Crippen LogP contribution in [0, 0.1) is 5.82 Å². The highest BCUT2D eigenvalue weighted by Crippen LogP contribution is 2.22. The zero-order chi connectivity index (χ0) is 14.6. The van der Waals surface area contributed by atoms with Crippen LogP contribution in [0.2, 0.25) is 0 Å². The molecule has 3 nitrogen and oxygen atoms in total. The Morgan fingerprint density at radius 1 is 1.05 bits per heavy atom. The van der Waals surface area contributed by atoms with Gasteiger partial charge in [-0.25, -0.2) is 12.8 Å². The lowest BCUT2D eigenvalue weighted by molar-refractivity contribution is 0.597. The lowest BCUT2D eigenvalue weighted by atomic mass is 10.2. The minimum Gasteiger partial charge on any atom is -0.380 e. The fourth-order valence-electron chi connectivity index (χ4n) is 1.84. The molecule has 0 unspecified atom stereocenters. The Balaban J connectivity index is 2.20. The highest BCUT2D eigenvalue weighted by Gasteiger charge is 2.15. The van der Waals surface area contributed by atoms with E-state index in [9.17, 15) is 12.8 Å². The van der Waals surface area contributed by atoms with Gasteiger partial charge < -0.3 is 5.32 Å². The van der Waals surface area contributed by atoms with Gasteiger partial charge in [-0.3, -0.25) is 0 Å². The minimum atomic E-state index is -3.26. The molecule has 0 heterocycles. The molecule has 20 heavy (non-hydrogen) atoms. The van der Waals surface area contributed by atoms with Crippen LogP contribution >= 0.6 is 0 Å². The molecule has 0 fully saturated rings. The molecule has 2 rings (SSSR count). The zero-order valence-electron chi connectivity index (χ0n) is 11.1. The third-order valence-corrected chi connectivity index (χ3v) is 4.78. The first-order valence-electron chi connectivity index (χ1n) is 6.33. The number of rotatable bonds is 5. The highest BCUT2D eigenvalue weighted by molar-refractivity contribution is 7.91. The molecule has 5 heteroatoms. The monoisotopic (exact) mass is 293 g/mol. The number of anilines is 1. The molecule has 2 aromatic rings. The van der Waals surface area contributed by atoms with Crippen molar-refractivity contribution in [3.63, 3.8) is 0 Å². The minimum absolute atomic E-state index is 0.0578. The van der Waals surface area contributed by atoms with Gasteiger partial charge in [0, 0.05) is 6.54 Å². The Labute approximate surface area is 118 Å². The van der Waals surface area contributed by atoms with Gasteiger partial charge in [0.2, 0.25) is 0 Å². The third-order valence-electron chi connectivity index (χ3n) is 3.00. The average Bonchev–Trinajstić information content (AvgIpc) is 2.47. The van der Waals surface area contributed by atoms with Crippen molar-refractivity contribution >= 4 is 15.5 Å². The summed E-state index contributed by atoms with van der Waals surface area (Å²) in [6, 6.07) is 12.9. The second-order valence-corrected chi connectivity index (χ2v) is 6.63. The Hall–Kier alpha value is -1.88. The van der Waals surface area contributed by atoms with E-state index in [-0.39, 0.29) is 11.6 Å². The lowest BCUT2D eigenvalue weighted by Gasteiger charge is -2.11. The molecule has 0 radical (unpaired) electrons. The summed E-state index contributed by atoms with van der Waals surface area (Å²) < 4.78 is 36.8. The first-order valence-corrected chi connectivity index (χ1v) is 7.98. The van der Waals surface area contributed by atoms with Crippen LogP contribution in [0.15, 0.2) is 53.4 Å². The van der Waals surface area contributed by atoms with Crippen molar-refractivity contribution in [2.45, 2.75) is 18.4 Å². The molecule has 0 saturated carbocycles. The van der Waals surface area contributed by atoms with Crippen LogP contribution in [0.25, 0.3) is 0 Å². The number of para-hydroxylation sites is 1. The number of sulfone groups is 1. The highest BCUT2D eigenvalue weighted by atomic mass is 32.2. The van der Waals surface area contributed by atoms with Gasteiger partial charge >= 0.3 is 0 Å². The molecule has 0 spiro atoms. The van der Waals surface area contributed by atoms with E-state index >= 15 is 0 Å². The van der Waals surface area contributed by atoms with Crippen LogP contribution < -0.4 is 5.32 Å². The smallest absolute Gasteiger partial charge is 0.180 e. The van der Waals surface area contributed by atoms with Crippen LogP contribution in [-0.4, -0.2) is 14.2 Å². The van der Waals surface area contributed by atoms with Crippen molar-refractivity contribution in [1.82, 2.24) is 0 Å². The van der Waals surface area contributed by atoms with Crippen LogP contribution in [0.1, 0.15) is 12.5 Å². The molecule has 0 aromatic heterocycles. The molecule has 0 aliphatic heterocycles. The Morgan fingerprint density at radius 2 is 1.70 bits per heavy atom. The summed E-state index contributed by atoms with van der Waals surface area (Å²) in [5, 5.41) is 3.09. The zero-order valence-corrected chi connectivity index (χ0v) is 12.0. The topological polar surface area (TPSA) is 46.2 Å². The summed E-state index contributed by atoms with van der Waals surface area (Å²) in [6.45, 7) is 2.06. The van der Waals surface area contributed by atoms with Crippen molar-refractivity contribution in [3.05, 3.63) is 59.9 Å². The fourth-order valence-corrected chi connectivity index (χ4v) is 2.91. The van der Waals surface area contributed by atoms with E-state index in [2.05, 4.69) is 5.32 Å². The number of nitrogens with one attached hydrogen (secondary N) is 1. The molecule has 0 bridgehead atoms. The Bertz CT molecular complexity index is 681. The maximum absolute atomic E-state index is 12.8. The number of benzene rings is 2. The van der Waals surface area contributed by atoms with Gasteiger partial charge in [0.1, 0.15) is 5.82 Å². The molecule has 0 aliphatic rings. The summed E-state index contributed by atoms with van der Waals surface area (Å²) in [4.78, 5) is 0.296. The van der Waals surface area contributed by atoms with Gasteiger partial charge in [0.25, 0.3) is 0 Å². The number of hydrogen-bond donors (Lipinski definition) is 1. The van der Waals surface area contributed by atoms with Gasteiger partial charge in [-0.1, -0.05) is 31.2 Å². The maximum atomic E-state index is 12.8. The molecule has 0 saturated heterocycles. The molecule has 106 valence electrons. The van der Waals surface area contributed by atoms with Crippen LogP contribution in [0.4, 0.5) is 10.1 Å². The SMILES string of the molecule is CCS(=O)(=O)c1ccccc1NCc1ccc(F)cc1. The van der Waals surface area contributed by atoms with Crippen molar-refractivity contribution in [1.29, 1.82) is 0 Å². The van der Waals surface area contributed by atoms with Gasteiger partial charge in [0.05, 0.1) is 16.3 Å². The van der Waals surface area contributed by atoms with Crippen molar-refractivity contribution in [2.75, 3.05) is 11.1 Å². The fraction of sp³-hybridized carbons (Fsp3) is 0.200. The summed E-state index contributed by atoms with van der Waals surface area (Å²) >= 11 is 0. The van der Waals surface area contributed by atoms with E-state index in [0.29, 0.717) is 17.1 Å². The molecule has 1 N–H and O–H groups in total. The van der Waals surface area contributed by atoms with Crippen LogP contribution in [0.5, 0.6) is 0 Å². The van der Waals surface area contributed by atoms with E-state index < -0.39 is 9.84 Å². The van der Waals surface area contributed by atoms with Crippen molar-refractivity contribution in [3.8, 4) is 0 Å². The van der Waals surface area contributed by atoms with E-state index in [1.807, 2.05) is 0 Å². The summed E-state index contributed by atoms with van der Waals surface area (Å²) in [6.07, 6.45) is 0. The van der Waals surface area contributed by atoms with E-state index in [1.165, 1.54) is 12.1 Å². The third kappa shape index (κ3) is 3.36. The largest absolute Gasteiger partial charge is 0.380 e. The molecular weight excluding hydrogens is 277 g/mol. The number of halogens is 1. The van der Waals surface area contributed by atoms with E-state index in [4.69, 9.17) is 0 Å². The van der Waals surface area contributed by atoms with Crippen molar-refractivity contribution in [2.24, 2.45) is 0 Å². The van der Waals surface area contributed by atoms with Crippen LogP contribution in [0.3, 0.4) is 0 Å². The first kappa shape index (κ1) is 14.5. The number of hydrogen-bond acceptors (Lipinski definition) is 3. The Kier molecular flexibility index (Phi) is 4.39. The van der Waals surface area contributed by atoms with Crippen LogP contribution in [-0.2, 0) is 16.4 Å². The van der Waals surface area contributed by atoms with E-state index in [1.54, 1.807) is 43.3 Å². The van der Waals surface area contributed by atoms with Gasteiger partial charge in [-0.05, 0) is 29.8 Å². The summed E-state index contributed by atoms with van der Waals surface area (Å²) in [5.41, 5.74) is 1.45. The molecule has 0 aliphatic carbocycles. The summed E-state index contributed by atoms with van der Waals surface area (Å²) in [5.74, 6) is -0.231. The van der Waals surface area contributed by atoms with E-state index in [0.717, 1.165) is 5.56 Å². The molecular formula is C15H16FNO2S. The average molecular weight is 293 g/mol. The van der Waals surface area contributed by atoms with Gasteiger partial charge in [-0.2, -0.15) is 0 Å². The predicted molar refractivity (Wildman–Crippen MR) is 77.9 cm³/mol. The predicted octanol–water partition coefficient (Wildman–Crippen LogP) is 3.23. The standard InChI is InChI=1S/C15H16FNO2S/c1-2-20(18,19)15-6-4-3-5-14(15)17-11-12-7-9-13(16)10-8-12/h3-10,17H,2,11H2,1H3. The molecule has 0 atom stereocenters. The quantitative estimate of drug-likeness (QED) is 0.920. The normalized spacial score (nSPS) is 11.3. The summed E-state index contributed by atoms with van der Waals surface area (Å²) in [7, 11) is -3.26. The second-order valence-electron chi connectivity index (χ2n) is 4.38. The first-order chi connectivity index (χ1) is 9.53. The van der Waals surface area contributed by atoms with Gasteiger partial charge in [0.15, 0.2) is 9.84 Å². The van der Waals surface area contributed by atoms with Crippen molar-refractivity contribution < 1.29 is 12.8 Å². The second kappa shape index (κ2) is 6.05. The maximum Gasteiger partial charge on any atom is 0.180 e.